The third-order valence-corrected chi connectivity index (χ3v) is 7.86. The minimum absolute atomic E-state index is 0.0631. The molecule has 3 saturated heterocycles. The summed E-state index contributed by atoms with van der Waals surface area (Å²) in [6.07, 6.45) is 6.45. The number of hydrogen-bond donors (Lipinski definition) is 0. The number of ether oxygens (including phenoxy) is 3. The van der Waals surface area contributed by atoms with E-state index in [4.69, 9.17) is 14.2 Å². The molecule has 3 aliphatic heterocycles. The minimum atomic E-state index is -0.589. The van der Waals surface area contributed by atoms with Crippen LogP contribution in [0.3, 0.4) is 0 Å². The molecule has 1 spiro atoms. The van der Waals surface area contributed by atoms with Crippen molar-refractivity contribution in [2.45, 2.75) is 91.0 Å². The topological polar surface area (TPSA) is 44.8 Å². The van der Waals surface area contributed by atoms with Crippen LogP contribution in [0.4, 0.5) is 0 Å². The number of fused-ring (bicyclic) bond motifs is 1. The van der Waals surface area contributed by atoms with Crippen LogP contribution in [0.5, 0.6) is 0 Å². The van der Waals surface area contributed by atoms with Gasteiger partial charge in [-0.25, -0.2) is 0 Å². The molecule has 3 fully saturated rings. The molecule has 4 nitrogen and oxygen atoms in total. The van der Waals surface area contributed by atoms with Gasteiger partial charge in [-0.05, 0) is 43.3 Å². The smallest absolute Gasteiger partial charge is 0.191 e. The molecule has 3 heterocycles. The lowest BCUT2D eigenvalue weighted by molar-refractivity contribution is -0.402. The zero-order valence-corrected chi connectivity index (χ0v) is 18.0. The van der Waals surface area contributed by atoms with Crippen LogP contribution in [-0.2, 0) is 19.0 Å². The first-order valence-corrected chi connectivity index (χ1v) is 11.6. The zero-order valence-electron chi connectivity index (χ0n) is 17.2. The summed E-state index contributed by atoms with van der Waals surface area (Å²) in [5, 5.41) is 0.196. The molecule has 26 heavy (non-hydrogen) atoms. The fourth-order valence-electron chi connectivity index (χ4n) is 5.25. The van der Waals surface area contributed by atoms with Gasteiger partial charge in [-0.15, -0.1) is 0 Å². The van der Waals surface area contributed by atoms with Gasteiger partial charge >= 0.3 is 0 Å². The van der Waals surface area contributed by atoms with Crippen molar-refractivity contribution in [1.82, 2.24) is 0 Å². The first-order chi connectivity index (χ1) is 12.3. The Morgan fingerprint density at radius 1 is 1.12 bits per heavy atom. The number of carbonyl (C=O) groups excluding carboxylic acids is 1. The average molecular weight is 385 g/mol. The number of rotatable bonds is 3. The van der Waals surface area contributed by atoms with Gasteiger partial charge in [0.15, 0.2) is 17.2 Å². The lowest BCUT2D eigenvalue weighted by Gasteiger charge is -2.55. The molecule has 5 heteroatoms. The number of hydrogen-bond acceptors (Lipinski definition) is 5. The molecule has 3 aliphatic rings. The summed E-state index contributed by atoms with van der Waals surface area (Å²) >= 11 is 1.29. The maximum absolute atomic E-state index is 12.0. The standard InChI is InChI=1S/C21H36O4S/c1-7-16-8-17-13(3)11-21(25-20(17)23-15(16)5)10-12(2)14(4)18(24-21)9-19(22)26-6/h12-18,20H,7-11H2,1-6H3/t12-,13-,14-,15-,16-,17-,18-,20+,21+/m0/s1. The lowest BCUT2D eigenvalue weighted by Crippen LogP contribution is -2.59. The third-order valence-electron chi connectivity index (χ3n) is 7.23. The van der Waals surface area contributed by atoms with Crippen LogP contribution in [0.15, 0.2) is 0 Å². The van der Waals surface area contributed by atoms with E-state index in [1.807, 2.05) is 6.26 Å². The Hall–Kier alpha value is -0.100. The van der Waals surface area contributed by atoms with Crippen LogP contribution in [0, 0.1) is 29.6 Å². The molecule has 9 atom stereocenters. The highest BCUT2D eigenvalue weighted by molar-refractivity contribution is 8.13. The van der Waals surface area contributed by atoms with Crippen molar-refractivity contribution >= 4 is 16.9 Å². The summed E-state index contributed by atoms with van der Waals surface area (Å²) in [7, 11) is 0. The monoisotopic (exact) mass is 384 g/mol. The van der Waals surface area contributed by atoms with E-state index in [9.17, 15) is 4.79 Å². The third kappa shape index (κ3) is 4.01. The number of carbonyl (C=O) groups is 1. The van der Waals surface area contributed by atoms with Gasteiger partial charge in [0, 0.05) is 25.2 Å². The van der Waals surface area contributed by atoms with Crippen molar-refractivity contribution < 1.29 is 19.0 Å². The van der Waals surface area contributed by atoms with Gasteiger partial charge in [0.25, 0.3) is 0 Å². The average Bonchev–Trinajstić information content (AvgIpc) is 2.58. The van der Waals surface area contributed by atoms with E-state index in [0.29, 0.717) is 36.0 Å². The van der Waals surface area contributed by atoms with E-state index in [-0.39, 0.29) is 23.6 Å². The van der Waals surface area contributed by atoms with Crippen LogP contribution < -0.4 is 0 Å². The van der Waals surface area contributed by atoms with Crippen LogP contribution in [0.2, 0.25) is 0 Å². The van der Waals surface area contributed by atoms with Gasteiger partial charge < -0.3 is 14.2 Å². The Morgan fingerprint density at radius 3 is 2.46 bits per heavy atom. The predicted octanol–water partition coefficient (Wildman–Crippen LogP) is 4.86. The fraction of sp³-hybridized carbons (Fsp3) is 0.952. The summed E-state index contributed by atoms with van der Waals surface area (Å²) in [4.78, 5) is 12.0. The van der Waals surface area contributed by atoms with E-state index in [1.165, 1.54) is 18.2 Å². The molecule has 0 aromatic heterocycles. The molecule has 0 aliphatic carbocycles. The predicted molar refractivity (Wildman–Crippen MR) is 105 cm³/mol. The summed E-state index contributed by atoms with van der Waals surface area (Å²) in [5.74, 6) is 1.82. The SMILES string of the molecule is CC[C@H]1C[C@@H]2[C@H](O[C@H]1C)O[C@]1(C[C@H](C)[C@H](C)[C@H](CC(=O)SC)O1)C[C@@H]2C. The van der Waals surface area contributed by atoms with Crippen molar-refractivity contribution in [1.29, 1.82) is 0 Å². The highest BCUT2D eigenvalue weighted by Gasteiger charge is 2.54. The van der Waals surface area contributed by atoms with Crippen molar-refractivity contribution in [2.24, 2.45) is 29.6 Å². The Labute approximate surface area is 163 Å². The first-order valence-electron chi connectivity index (χ1n) is 10.4. The van der Waals surface area contributed by atoms with Crippen molar-refractivity contribution in [2.75, 3.05) is 6.26 Å². The second-order valence-electron chi connectivity index (χ2n) is 8.96. The molecule has 3 rings (SSSR count). The van der Waals surface area contributed by atoms with Gasteiger partial charge in [-0.1, -0.05) is 45.9 Å². The van der Waals surface area contributed by atoms with Gasteiger partial charge in [-0.3, -0.25) is 4.79 Å². The van der Waals surface area contributed by atoms with Gasteiger partial charge in [-0.2, -0.15) is 0 Å². The Bertz CT molecular complexity index is 512. The maximum atomic E-state index is 12.0. The highest BCUT2D eigenvalue weighted by Crippen LogP contribution is 2.51. The van der Waals surface area contributed by atoms with Crippen molar-refractivity contribution in [3.05, 3.63) is 0 Å². The lowest BCUT2D eigenvalue weighted by atomic mass is 9.72. The van der Waals surface area contributed by atoms with Crippen LogP contribution in [0.1, 0.15) is 66.7 Å². The summed E-state index contributed by atoms with van der Waals surface area (Å²) < 4.78 is 19.4. The molecule has 0 radical (unpaired) electrons. The normalized spacial score (nSPS) is 49.0. The van der Waals surface area contributed by atoms with Crippen molar-refractivity contribution in [3.8, 4) is 0 Å². The van der Waals surface area contributed by atoms with E-state index < -0.39 is 5.79 Å². The molecule has 0 aromatic rings. The van der Waals surface area contributed by atoms with Crippen molar-refractivity contribution in [3.63, 3.8) is 0 Å². The molecule has 0 amide bonds. The second-order valence-corrected chi connectivity index (χ2v) is 9.83. The molecule has 0 N–H and O–H groups in total. The fourth-order valence-corrected chi connectivity index (χ4v) is 5.58. The Balaban J connectivity index is 1.76. The molecule has 0 bridgehead atoms. The Kier molecular flexibility index (Phi) is 6.43. The molecular formula is C21H36O4S. The van der Waals surface area contributed by atoms with Gasteiger partial charge in [0.1, 0.15) is 0 Å². The highest BCUT2D eigenvalue weighted by atomic mass is 32.2. The summed E-state index contributed by atoms with van der Waals surface area (Å²) in [5.41, 5.74) is 0. The summed E-state index contributed by atoms with van der Waals surface area (Å²) in [6, 6.07) is 0. The van der Waals surface area contributed by atoms with Crippen LogP contribution in [0.25, 0.3) is 0 Å². The number of thioether (sulfide) groups is 1. The minimum Gasteiger partial charge on any atom is -0.349 e. The van der Waals surface area contributed by atoms with Gasteiger partial charge in [0.05, 0.1) is 12.2 Å². The quantitative estimate of drug-likeness (QED) is 0.695. The van der Waals surface area contributed by atoms with E-state index in [0.717, 1.165) is 19.3 Å². The van der Waals surface area contributed by atoms with Crippen LogP contribution >= 0.6 is 11.8 Å². The second kappa shape index (κ2) is 8.10. The van der Waals surface area contributed by atoms with E-state index >= 15 is 0 Å². The Morgan fingerprint density at radius 2 is 1.81 bits per heavy atom. The summed E-state index contributed by atoms with van der Waals surface area (Å²) in [6.45, 7) is 11.2. The zero-order chi connectivity index (χ0) is 19.1. The molecular weight excluding hydrogens is 348 g/mol. The molecule has 150 valence electrons. The molecule has 0 saturated carbocycles. The molecule has 0 aromatic carbocycles. The van der Waals surface area contributed by atoms with E-state index in [2.05, 4.69) is 34.6 Å². The van der Waals surface area contributed by atoms with E-state index in [1.54, 1.807) is 0 Å². The molecule has 0 unspecified atom stereocenters. The maximum Gasteiger partial charge on any atom is 0.191 e. The largest absolute Gasteiger partial charge is 0.349 e. The first kappa shape index (κ1) is 20.6. The van der Waals surface area contributed by atoms with Gasteiger partial charge in [0.2, 0.25) is 0 Å². The van der Waals surface area contributed by atoms with Crippen LogP contribution in [-0.4, -0.2) is 35.7 Å².